The number of halogens is 3. The Labute approximate surface area is 155 Å². The molecule has 0 saturated heterocycles. The van der Waals surface area contributed by atoms with Gasteiger partial charge < -0.3 is 9.84 Å². The van der Waals surface area contributed by atoms with Crippen molar-refractivity contribution in [3.63, 3.8) is 0 Å². The monoisotopic (exact) mass is 399 g/mol. The van der Waals surface area contributed by atoms with Crippen molar-refractivity contribution in [2.24, 2.45) is 0 Å². The molecular weight excluding hydrogens is 388 g/mol. The number of thiophene rings is 1. The maximum Gasteiger partial charge on any atom is 0.308 e. The molecule has 9 heteroatoms. The maximum atomic E-state index is 12.9. The zero-order valence-electron chi connectivity index (χ0n) is 13.5. The molecule has 0 aliphatic rings. The number of nitrogens with zero attached hydrogens (tertiary/aromatic N) is 1. The molecule has 0 bridgehead atoms. The third kappa shape index (κ3) is 3.06. The van der Waals surface area contributed by atoms with Crippen LogP contribution in [0.5, 0.6) is 11.5 Å². The minimum absolute atomic E-state index is 0.00277. The molecule has 136 valence electrons. The Kier molecular flexibility index (Phi) is 4.72. The lowest BCUT2D eigenvalue weighted by atomic mass is 10.2. The van der Waals surface area contributed by atoms with Crippen LogP contribution in [-0.2, 0) is 4.79 Å². The first-order valence-corrected chi connectivity index (χ1v) is 8.59. The summed E-state index contributed by atoms with van der Waals surface area (Å²) in [7, 11) is 0. The van der Waals surface area contributed by atoms with E-state index < -0.39 is 18.3 Å². The summed E-state index contributed by atoms with van der Waals surface area (Å²) in [6.45, 7) is 2.75. The normalized spacial score (nSPS) is 11.3. The van der Waals surface area contributed by atoms with Crippen LogP contribution in [0.3, 0.4) is 0 Å². The molecule has 1 aromatic carbocycles. The molecule has 1 N–H and O–H groups in total. The minimum Gasteiger partial charge on any atom is -0.506 e. The van der Waals surface area contributed by atoms with Gasteiger partial charge in [0.05, 0.1) is 26.7 Å². The molecule has 26 heavy (non-hydrogen) atoms. The second-order valence-corrected chi connectivity index (χ2v) is 6.86. The molecule has 0 radical (unpaired) electrons. The van der Waals surface area contributed by atoms with Crippen molar-refractivity contribution in [1.82, 2.24) is 4.57 Å². The van der Waals surface area contributed by atoms with Crippen LogP contribution in [0.2, 0.25) is 5.02 Å². The Morgan fingerprint density at radius 3 is 2.58 bits per heavy atom. The zero-order valence-corrected chi connectivity index (χ0v) is 15.1. The molecule has 0 atom stereocenters. The van der Waals surface area contributed by atoms with Crippen molar-refractivity contribution < 1.29 is 28.2 Å². The summed E-state index contributed by atoms with van der Waals surface area (Å²) < 4.78 is 32.0. The molecule has 0 saturated carbocycles. The van der Waals surface area contributed by atoms with Crippen molar-refractivity contribution in [2.45, 2.75) is 20.3 Å². The quantitative estimate of drug-likeness (QED) is 0.634. The highest BCUT2D eigenvalue weighted by Gasteiger charge is 2.24. The van der Waals surface area contributed by atoms with Gasteiger partial charge in [0, 0.05) is 17.7 Å². The molecule has 2 aromatic heterocycles. The fraction of sp³-hybridized carbons (Fsp3) is 0.176. The summed E-state index contributed by atoms with van der Waals surface area (Å²) in [4.78, 5) is 24.1. The summed E-state index contributed by atoms with van der Waals surface area (Å²) in [5, 5.41) is 11.5. The van der Waals surface area contributed by atoms with Gasteiger partial charge in [0.1, 0.15) is 5.75 Å². The molecular formula is C17H12ClF2NO4S. The molecule has 3 rings (SSSR count). The van der Waals surface area contributed by atoms with Crippen LogP contribution >= 0.6 is 22.9 Å². The number of hydrogen-bond donors (Lipinski definition) is 1. The number of fused-ring (bicyclic) bond motifs is 1. The van der Waals surface area contributed by atoms with E-state index in [9.17, 15) is 23.5 Å². The largest absolute Gasteiger partial charge is 0.506 e. The predicted molar refractivity (Wildman–Crippen MR) is 93.7 cm³/mol. The Morgan fingerprint density at radius 1 is 1.31 bits per heavy atom. The highest BCUT2D eigenvalue weighted by Crippen LogP contribution is 2.39. The number of aromatic nitrogens is 1. The number of benzene rings is 1. The topological polar surface area (TPSA) is 68.5 Å². The number of rotatable bonds is 3. The second kappa shape index (κ2) is 6.69. The van der Waals surface area contributed by atoms with Crippen molar-refractivity contribution in [3.8, 4) is 11.5 Å². The number of carbonyl (C=O) groups is 2. The lowest BCUT2D eigenvalue weighted by Gasteiger charge is -2.06. The number of carbonyl (C=O) groups excluding carboxylic acids is 2. The SMILES string of the molecule is CC(=O)Oc1c(C)n(C(=O)c2csc(C(F)F)c2)c2cc(Cl)c(O)cc12. The fourth-order valence-corrected chi connectivity index (χ4v) is 3.53. The number of ether oxygens (including phenoxy) is 1. The van der Waals surface area contributed by atoms with Gasteiger partial charge in [-0.25, -0.2) is 8.78 Å². The van der Waals surface area contributed by atoms with E-state index in [2.05, 4.69) is 0 Å². The van der Waals surface area contributed by atoms with Crippen molar-refractivity contribution in [1.29, 1.82) is 0 Å². The highest BCUT2D eigenvalue weighted by atomic mass is 35.5. The fourth-order valence-electron chi connectivity index (χ4n) is 2.64. The number of esters is 1. The number of alkyl halides is 2. The van der Waals surface area contributed by atoms with E-state index in [4.69, 9.17) is 16.3 Å². The zero-order chi connectivity index (χ0) is 19.2. The lowest BCUT2D eigenvalue weighted by molar-refractivity contribution is -0.131. The van der Waals surface area contributed by atoms with E-state index in [1.807, 2.05) is 0 Å². The molecule has 2 heterocycles. The van der Waals surface area contributed by atoms with Crippen LogP contribution in [-0.4, -0.2) is 21.6 Å². The number of phenols is 1. The molecule has 0 fully saturated rings. The van der Waals surface area contributed by atoms with Crippen molar-refractivity contribution >= 4 is 45.7 Å². The summed E-state index contributed by atoms with van der Waals surface area (Å²) in [5.74, 6) is -1.33. The third-order valence-electron chi connectivity index (χ3n) is 3.75. The predicted octanol–water partition coefficient (Wildman–Crippen LogP) is 4.92. The molecule has 5 nitrogen and oxygen atoms in total. The van der Waals surface area contributed by atoms with Gasteiger partial charge in [-0.1, -0.05) is 11.6 Å². The number of aromatic hydroxyl groups is 1. The van der Waals surface area contributed by atoms with Crippen LogP contribution in [0.4, 0.5) is 8.78 Å². The minimum atomic E-state index is -2.67. The molecule has 0 aliphatic carbocycles. The van der Waals surface area contributed by atoms with Crippen LogP contribution in [0.15, 0.2) is 23.6 Å². The first kappa shape index (κ1) is 18.3. The van der Waals surface area contributed by atoms with E-state index in [-0.39, 0.29) is 38.2 Å². The molecule has 0 unspecified atom stereocenters. The number of hydrogen-bond acceptors (Lipinski definition) is 5. The van der Waals surface area contributed by atoms with E-state index in [1.165, 1.54) is 29.0 Å². The smallest absolute Gasteiger partial charge is 0.308 e. The van der Waals surface area contributed by atoms with E-state index in [0.29, 0.717) is 5.39 Å². The first-order chi connectivity index (χ1) is 12.2. The van der Waals surface area contributed by atoms with Crippen LogP contribution < -0.4 is 4.74 Å². The van der Waals surface area contributed by atoms with Gasteiger partial charge >= 0.3 is 5.97 Å². The summed E-state index contributed by atoms with van der Waals surface area (Å²) in [6.07, 6.45) is -2.67. The van der Waals surface area contributed by atoms with E-state index >= 15 is 0 Å². The maximum absolute atomic E-state index is 12.9. The van der Waals surface area contributed by atoms with Crippen LogP contribution in [0.1, 0.15) is 34.3 Å². The highest BCUT2D eigenvalue weighted by molar-refractivity contribution is 7.10. The average Bonchev–Trinajstić information content (AvgIpc) is 3.13. The van der Waals surface area contributed by atoms with Gasteiger partial charge in [-0.2, -0.15) is 0 Å². The van der Waals surface area contributed by atoms with Gasteiger partial charge in [-0.3, -0.25) is 14.2 Å². The van der Waals surface area contributed by atoms with Crippen molar-refractivity contribution in [2.75, 3.05) is 0 Å². The molecule has 3 aromatic rings. The molecule has 0 spiro atoms. The van der Waals surface area contributed by atoms with Crippen LogP contribution in [0, 0.1) is 6.92 Å². The van der Waals surface area contributed by atoms with Gasteiger partial charge in [-0.05, 0) is 25.1 Å². The third-order valence-corrected chi connectivity index (χ3v) is 4.99. The Balaban J connectivity index is 2.23. The summed E-state index contributed by atoms with van der Waals surface area (Å²) >= 11 is 6.72. The molecule has 0 aliphatic heterocycles. The van der Waals surface area contributed by atoms with Gasteiger partial charge in [-0.15, -0.1) is 11.3 Å². The summed E-state index contributed by atoms with van der Waals surface area (Å²) in [5.41, 5.74) is 0.645. The standard InChI is InChI=1S/C17H12ClF2NO4S/c1-7-15(25-8(2)22)10-4-13(23)11(18)5-12(10)21(7)17(24)9-3-14(16(19)20)26-6-9/h3-6,16,23H,1-2H3. The van der Waals surface area contributed by atoms with E-state index in [0.717, 1.165) is 17.4 Å². The van der Waals surface area contributed by atoms with Gasteiger partial charge in [0.15, 0.2) is 5.75 Å². The second-order valence-electron chi connectivity index (χ2n) is 5.51. The lowest BCUT2D eigenvalue weighted by Crippen LogP contribution is -2.13. The Bertz CT molecular complexity index is 1040. The van der Waals surface area contributed by atoms with Gasteiger partial charge in [0.25, 0.3) is 12.3 Å². The number of phenolic OH excluding ortho intramolecular Hbond substituents is 1. The average molecular weight is 400 g/mol. The van der Waals surface area contributed by atoms with Gasteiger partial charge in [0.2, 0.25) is 0 Å². The van der Waals surface area contributed by atoms with E-state index in [1.54, 1.807) is 6.92 Å². The first-order valence-electron chi connectivity index (χ1n) is 7.34. The van der Waals surface area contributed by atoms with Crippen molar-refractivity contribution in [3.05, 3.63) is 44.7 Å². The molecule has 0 amide bonds. The summed E-state index contributed by atoms with van der Waals surface area (Å²) in [6, 6.07) is 3.76. The van der Waals surface area contributed by atoms with Crippen LogP contribution in [0.25, 0.3) is 10.9 Å². The Hall–Kier alpha value is -2.45. The Morgan fingerprint density at radius 2 is 2.00 bits per heavy atom.